The van der Waals surface area contributed by atoms with Crippen LogP contribution in [0.5, 0.6) is 0 Å². The predicted octanol–water partition coefficient (Wildman–Crippen LogP) is 2.35. The van der Waals surface area contributed by atoms with E-state index in [4.69, 9.17) is 17.3 Å². The summed E-state index contributed by atoms with van der Waals surface area (Å²) in [4.78, 5) is 34.2. The molecule has 2 amide bonds. The minimum atomic E-state index is -0.606. The minimum absolute atomic E-state index is 0.0322. The summed E-state index contributed by atoms with van der Waals surface area (Å²) in [6.45, 7) is 4.47. The molecule has 0 saturated heterocycles. The van der Waals surface area contributed by atoms with Crippen molar-refractivity contribution in [2.24, 2.45) is 11.7 Å². The molecule has 2 aromatic rings. The van der Waals surface area contributed by atoms with Crippen LogP contribution in [0.25, 0.3) is 0 Å². The van der Waals surface area contributed by atoms with Crippen LogP contribution in [0.2, 0.25) is 5.02 Å². The zero-order valence-corrected chi connectivity index (χ0v) is 17.5. The van der Waals surface area contributed by atoms with E-state index in [2.05, 4.69) is 20.6 Å². The molecular formula is C20H25ClN6O2. The second kappa shape index (κ2) is 8.65. The summed E-state index contributed by atoms with van der Waals surface area (Å²) in [6, 6.07) is 5.28. The van der Waals surface area contributed by atoms with Gasteiger partial charge in [-0.1, -0.05) is 31.5 Å². The number of nitrogens with zero attached hydrogens (tertiary/aromatic N) is 3. The van der Waals surface area contributed by atoms with Crippen molar-refractivity contribution in [3.63, 3.8) is 0 Å². The molecule has 0 unspecified atom stereocenters. The van der Waals surface area contributed by atoms with Gasteiger partial charge in [0.05, 0.1) is 12.6 Å². The van der Waals surface area contributed by atoms with Gasteiger partial charge in [0, 0.05) is 19.3 Å². The van der Waals surface area contributed by atoms with Gasteiger partial charge < -0.3 is 21.3 Å². The molecule has 3 rings (SSSR count). The van der Waals surface area contributed by atoms with E-state index < -0.39 is 11.9 Å². The molecule has 1 aromatic carbocycles. The number of primary amides is 1. The van der Waals surface area contributed by atoms with Crippen molar-refractivity contribution in [3.8, 4) is 0 Å². The zero-order chi connectivity index (χ0) is 21.1. The van der Waals surface area contributed by atoms with Crippen LogP contribution >= 0.6 is 11.6 Å². The Balaban J connectivity index is 1.82. The molecule has 8 nitrogen and oxygen atoms in total. The first-order valence-electron chi connectivity index (χ1n) is 9.45. The highest BCUT2D eigenvalue weighted by Crippen LogP contribution is 2.25. The maximum absolute atomic E-state index is 12.2. The predicted molar refractivity (Wildman–Crippen MR) is 113 cm³/mol. The fourth-order valence-corrected chi connectivity index (χ4v) is 3.34. The second-order valence-electron chi connectivity index (χ2n) is 7.51. The number of carbonyl (C=O) groups is 2. The molecule has 9 heteroatoms. The van der Waals surface area contributed by atoms with Crippen molar-refractivity contribution in [2.45, 2.75) is 32.7 Å². The number of benzene rings is 1. The Kier molecular flexibility index (Phi) is 6.22. The number of hydrogen-bond donors (Lipinski definition) is 3. The highest BCUT2D eigenvalue weighted by atomic mass is 35.5. The quantitative estimate of drug-likeness (QED) is 0.666. The lowest BCUT2D eigenvalue weighted by atomic mass is 10.0. The van der Waals surface area contributed by atoms with Crippen molar-refractivity contribution >= 4 is 40.9 Å². The molecule has 0 saturated carbocycles. The summed E-state index contributed by atoms with van der Waals surface area (Å²) in [5.41, 5.74) is 8.38. The number of nitrogens with two attached hydrogens (primary N) is 1. The van der Waals surface area contributed by atoms with Crippen LogP contribution in [0.3, 0.4) is 0 Å². The lowest BCUT2D eigenvalue weighted by Crippen LogP contribution is -2.39. The summed E-state index contributed by atoms with van der Waals surface area (Å²) < 4.78 is 0. The average molecular weight is 417 g/mol. The average Bonchev–Trinajstić information content (AvgIpc) is 2.80. The maximum Gasteiger partial charge on any atom is 0.240 e. The van der Waals surface area contributed by atoms with E-state index in [1.54, 1.807) is 4.90 Å². The number of anilines is 3. The molecule has 0 spiro atoms. The summed E-state index contributed by atoms with van der Waals surface area (Å²) >= 11 is 6.19. The SMILES string of the molecule is CC(C)[C@@H](Nc1nc(Nc2ccc3c(c2)CC(=O)N(C)CC3)ncc1Cl)C(N)=O. The Morgan fingerprint density at radius 1 is 1.31 bits per heavy atom. The van der Waals surface area contributed by atoms with Gasteiger partial charge in [0.1, 0.15) is 11.1 Å². The topological polar surface area (TPSA) is 113 Å². The summed E-state index contributed by atoms with van der Waals surface area (Å²) in [7, 11) is 1.82. The number of hydrogen-bond acceptors (Lipinski definition) is 6. The molecule has 154 valence electrons. The molecule has 1 aliphatic heterocycles. The standard InChI is InChI=1S/C20H25ClN6O2/c1-11(2)17(18(22)29)25-19-15(21)10-23-20(26-19)24-14-5-4-12-6-7-27(3)16(28)9-13(12)8-14/h4-5,8,10-11,17H,6-7,9H2,1-3H3,(H2,22,29)(H2,23,24,25,26)/t17-/m1/s1. The zero-order valence-electron chi connectivity index (χ0n) is 16.7. The van der Waals surface area contributed by atoms with Crippen LogP contribution in [-0.2, 0) is 22.4 Å². The first kappa shape index (κ1) is 20.9. The second-order valence-corrected chi connectivity index (χ2v) is 7.92. The van der Waals surface area contributed by atoms with E-state index in [9.17, 15) is 9.59 Å². The van der Waals surface area contributed by atoms with Crippen molar-refractivity contribution < 1.29 is 9.59 Å². The molecule has 1 aliphatic rings. The lowest BCUT2D eigenvalue weighted by molar-refractivity contribution is -0.128. The smallest absolute Gasteiger partial charge is 0.240 e. The van der Waals surface area contributed by atoms with Gasteiger partial charge in [-0.05, 0) is 35.6 Å². The Labute approximate surface area is 174 Å². The number of halogens is 1. The van der Waals surface area contributed by atoms with E-state index >= 15 is 0 Å². The van der Waals surface area contributed by atoms with Gasteiger partial charge in [-0.2, -0.15) is 4.98 Å². The van der Waals surface area contributed by atoms with Crippen molar-refractivity contribution in [3.05, 3.63) is 40.5 Å². The van der Waals surface area contributed by atoms with Crippen LogP contribution in [0.15, 0.2) is 24.4 Å². The van der Waals surface area contributed by atoms with E-state index in [0.717, 1.165) is 23.2 Å². The van der Waals surface area contributed by atoms with Gasteiger partial charge in [-0.15, -0.1) is 0 Å². The van der Waals surface area contributed by atoms with Crippen molar-refractivity contribution in [2.75, 3.05) is 24.2 Å². The molecule has 0 aliphatic carbocycles. The number of carbonyl (C=O) groups excluding carboxylic acids is 2. The van der Waals surface area contributed by atoms with E-state index in [1.165, 1.54) is 6.20 Å². The van der Waals surface area contributed by atoms with E-state index in [1.807, 2.05) is 39.1 Å². The van der Waals surface area contributed by atoms with E-state index in [-0.39, 0.29) is 16.8 Å². The number of nitrogens with one attached hydrogen (secondary N) is 2. The number of amides is 2. The molecule has 29 heavy (non-hydrogen) atoms. The van der Waals surface area contributed by atoms with Gasteiger partial charge in [0.25, 0.3) is 0 Å². The summed E-state index contributed by atoms with van der Waals surface area (Å²) in [5, 5.41) is 6.42. The number of fused-ring (bicyclic) bond motifs is 1. The van der Waals surface area contributed by atoms with Crippen LogP contribution < -0.4 is 16.4 Å². The first-order chi connectivity index (χ1) is 13.7. The third-order valence-corrected chi connectivity index (χ3v) is 5.23. The third kappa shape index (κ3) is 4.95. The maximum atomic E-state index is 12.2. The van der Waals surface area contributed by atoms with Crippen LogP contribution in [0.1, 0.15) is 25.0 Å². The summed E-state index contributed by atoms with van der Waals surface area (Å²) in [6.07, 6.45) is 2.65. The Bertz CT molecular complexity index is 933. The number of likely N-dealkylation sites (N-methyl/N-ethyl adjacent to an activating group) is 1. The highest BCUT2D eigenvalue weighted by molar-refractivity contribution is 6.32. The van der Waals surface area contributed by atoms with Gasteiger partial charge >= 0.3 is 0 Å². The first-order valence-corrected chi connectivity index (χ1v) is 9.83. The van der Waals surface area contributed by atoms with Crippen molar-refractivity contribution in [1.29, 1.82) is 0 Å². The highest BCUT2D eigenvalue weighted by Gasteiger charge is 2.22. The molecule has 0 bridgehead atoms. The van der Waals surface area contributed by atoms with Crippen LogP contribution in [0.4, 0.5) is 17.5 Å². The Morgan fingerprint density at radius 2 is 2.07 bits per heavy atom. The molecule has 1 aromatic heterocycles. The van der Waals surface area contributed by atoms with E-state index in [0.29, 0.717) is 24.7 Å². The molecule has 2 heterocycles. The Hall–Kier alpha value is -2.87. The van der Waals surface area contributed by atoms with Gasteiger partial charge in [-0.25, -0.2) is 4.98 Å². The van der Waals surface area contributed by atoms with Gasteiger partial charge in [-0.3, -0.25) is 9.59 Å². The fraction of sp³-hybridized carbons (Fsp3) is 0.400. The molecule has 0 radical (unpaired) electrons. The van der Waals surface area contributed by atoms with Crippen LogP contribution in [0, 0.1) is 5.92 Å². The van der Waals surface area contributed by atoms with Crippen LogP contribution in [-0.4, -0.2) is 46.3 Å². The lowest BCUT2D eigenvalue weighted by Gasteiger charge is -2.20. The fourth-order valence-electron chi connectivity index (χ4n) is 3.19. The number of aromatic nitrogens is 2. The monoisotopic (exact) mass is 416 g/mol. The molecular weight excluding hydrogens is 392 g/mol. The number of rotatable bonds is 6. The molecule has 0 fully saturated rings. The normalized spacial score (nSPS) is 14.9. The largest absolute Gasteiger partial charge is 0.368 e. The third-order valence-electron chi connectivity index (χ3n) is 4.96. The van der Waals surface area contributed by atoms with Gasteiger partial charge in [0.2, 0.25) is 17.8 Å². The summed E-state index contributed by atoms with van der Waals surface area (Å²) in [5.74, 6) is 0.232. The molecule has 4 N–H and O–H groups in total. The molecule has 1 atom stereocenters. The Morgan fingerprint density at radius 3 is 2.76 bits per heavy atom. The minimum Gasteiger partial charge on any atom is -0.368 e. The van der Waals surface area contributed by atoms with Crippen molar-refractivity contribution in [1.82, 2.24) is 14.9 Å². The van der Waals surface area contributed by atoms with Gasteiger partial charge in [0.15, 0.2) is 5.82 Å².